The van der Waals surface area contributed by atoms with E-state index in [4.69, 9.17) is 0 Å². The predicted molar refractivity (Wildman–Crippen MR) is 92.5 cm³/mol. The molecule has 1 N–H and O–H groups in total. The molecule has 1 atom stereocenters. The summed E-state index contributed by atoms with van der Waals surface area (Å²) in [5, 5.41) is 3.09. The van der Waals surface area contributed by atoms with Gasteiger partial charge in [-0.15, -0.1) is 0 Å². The van der Waals surface area contributed by atoms with E-state index in [0.29, 0.717) is 5.92 Å². The number of aromatic nitrogens is 1. The number of amides is 1. The van der Waals surface area contributed by atoms with Crippen molar-refractivity contribution in [1.82, 2.24) is 10.3 Å². The summed E-state index contributed by atoms with van der Waals surface area (Å²) >= 11 is 0. The molecule has 124 valence electrons. The van der Waals surface area contributed by atoms with Crippen LogP contribution in [-0.2, 0) is 4.79 Å². The van der Waals surface area contributed by atoms with Crippen molar-refractivity contribution in [3.8, 4) is 0 Å². The van der Waals surface area contributed by atoms with Gasteiger partial charge in [0.25, 0.3) is 0 Å². The van der Waals surface area contributed by atoms with Gasteiger partial charge in [-0.3, -0.25) is 9.78 Å². The third-order valence-corrected chi connectivity index (χ3v) is 4.49. The second-order valence-corrected chi connectivity index (χ2v) is 6.17. The van der Waals surface area contributed by atoms with Crippen LogP contribution in [0.1, 0.15) is 43.0 Å². The number of halogens is 1. The number of carbonyl (C=O) groups excluding carboxylic acids is 1. The van der Waals surface area contributed by atoms with Crippen LogP contribution in [0.5, 0.6) is 0 Å². The lowest BCUT2D eigenvalue weighted by atomic mass is 9.91. The van der Waals surface area contributed by atoms with Crippen molar-refractivity contribution in [1.29, 1.82) is 0 Å². The minimum absolute atomic E-state index is 0.0750. The van der Waals surface area contributed by atoms with Gasteiger partial charge in [0.15, 0.2) is 0 Å². The number of rotatable bonds is 5. The summed E-state index contributed by atoms with van der Waals surface area (Å²) in [7, 11) is 0. The van der Waals surface area contributed by atoms with Gasteiger partial charge in [-0.1, -0.05) is 31.0 Å². The minimum Gasteiger partial charge on any atom is -0.345 e. The molecule has 1 fully saturated rings. The van der Waals surface area contributed by atoms with Crippen LogP contribution in [0.3, 0.4) is 0 Å². The van der Waals surface area contributed by atoms with Gasteiger partial charge in [-0.05, 0) is 54.7 Å². The molecule has 0 spiro atoms. The van der Waals surface area contributed by atoms with Crippen LogP contribution in [0.15, 0.2) is 54.7 Å². The predicted octanol–water partition coefficient (Wildman–Crippen LogP) is 4.28. The number of hydrogen-bond donors (Lipinski definition) is 1. The average molecular weight is 324 g/mol. The lowest BCUT2D eigenvalue weighted by molar-refractivity contribution is -0.117. The fraction of sp³-hybridized carbons (Fsp3) is 0.300. The number of carbonyl (C=O) groups is 1. The van der Waals surface area contributed by atoms with E-state index in [1.54, 1.807) is 24.4 Å². The molecule has 1 aliphatic carbocycles. The Labute approximate surface area is 141 Å². The maximum absolute atomic E-state index is 13.2. The zero-order valence-corrected chi connectivity index (χ0v) is 13.5. The van der Waals surface area contributed by atoms with Gasteiger partial charge >= 0.3 is 0 Å². The fourth-order valence-electron chi connectivity index (χ4n) is 3.27. The first-order chi connectivity index (χ1) is 11.7. The molecule has 1 heterocycles. The van der Waals surface area contributed by atoms with Crippen molar-refractivity contribution in [2.75, 3.05) is 0 Å². The van der Waals surface area contributed by atoms with E-state index in [0.717, 1.165) is 24.1 Å². The molecular weight excluding hydrogens is 303 g/mol. The summed E-state index contributed by atoms with van der Waals surface area (Å²) in [5.41, 5.74) is 1.70. The van der Waals surface area contributed by atoms with Crippen LogP contribution in [0.25, 0.3) is 6.08 Å². The number of nitrogens with one attached hydrogen (secondary N) is 1. The van der Waals surface area contributed by atoms with Crippen molar-refractivity contribution >= 4 is 12.0 Å². The summed E-state index contributed by atoms with van der Waals surface area (Å²) in [5.74, 6) is -0.00478. The summed E-state index contributed by atoms with van der Waals surface area (Å²) in [4.78, 5) is 16.5. The molecule has 0 saturated heterocycles. The second kappa shape index (κ2) is 7.86. The van der Waals surface area contributed by atoms with Crippen LogP contribution in [0.4, 0.5) is 4.39 Å². The number of benzene rings is 1. The smallest absolute Gasteiger partial charge is 0.244 e. The quantitative estimate of drug-likeness (QED) is 0.834. The van der Waals surface area contributed by atoms with E-state index >= 15 is 0 Å². The number of pyridine rings is 1. The summed E-state index contributed by atoms with van der Waals surface area (Å²) < 4.78 is 13.2. The highest BCUT2D eigenvalue weighted by Gasteiger charge is 2.27. The molecule has 1 saturated carbocycles. The van der Waals surface area contributed by atoms with Crippen LogP contribution >= 0.6 is 0 Å². The molecule has 1 amide bonds. The van der Waals surface area contributed by atoms with Gasteiger partial charge in [-0.2, -0.15) is 0 Å². The molecule has 0 aliphatic heterocycles. The Kier molecular flexibility index (Phi) is 5.36. The zero-order valence-electron chi connectivity index (χ0n) is 13.5. The molecule has 3 rings (SSSR count). The van der Waals surface area contributed by atoms with Crippen LogP contribution in [0.2, 0.25) is 0 Å². The van der Waals surface area contributed by atoms with E-state index in [1.807, 2.05) is 18.2 Å². The number of hydrogen-bond acceptors (Lipinski definition) is 2. The molecule has 0 radical (unpaired) electrons. The third kappa shape index (κ3) is 4.28. The molecule has 1 aromatic heterocycles. The first-order valence-electron chi connectivity index (χ1n) is 8.37. The molecule has 2 aromatic rings. The maximum Gasteiger partial charge on any atom is 0.244 e. The summed E-state index contributed by atoms with van der Waals surface area (Å²) in [6.45, 7) is 0. The van der Waals surface area contributed by atoms with Crippen molar-refractivity contribution in [3.63, 3.8) is 0 Å². The monoisotopic (exact) mass is 324 g/mol. The van der Waals surface area contributed by atoms with E-state index in [9.17, 15) is 9.18 Å². The summed E-state index contributed by atoms with van der Waals surface area (Å²) in [6, 6.07) is 11.9. The Balaban J connectivity index is 1.72. The van der Waals surface area contributed by atoms with Gasteiger partial charge in [0.2, 0.25) is 5.91 Å². The number of nitrogens with zero attached hydrogens (tertiary/aromatic N) is 1. The van der Waals surface area contributed by atoms with Crippen LogP contribution in [0, 0.1) is 11.7 Å². The second-order valence-electron chi connectivity index (χ2n) is 6.17. The van der Waals surface area contributed by atoms with Gasteiger partial charge in [0, 0.05) is 12.3 Å². The van der Waals surface area contributed by atoms with Crippen molar-refractivity contribution in [2.24, 2.45) is 5.92 Å². The van der Waals surface area contributed by atoms with E-state index in [2.05, 4.69) is 10.3 Å². The van der Waals surface area contributed by atoms with E-state index < -0.39 is 0 Å². The highest BCUT2D eigenvalue weighted by atomic mass is 19.1. The zero-order chi connectivity index (χ0) is 16.8. The summed E-state index contributed by atoms with van der Waals surface area (Å²) in [6.07, 6.45) is 9.44. The molecule has 1 unspecified atom stereocenters. The van der Waals surface area contributed by atoms with Crippen LogP contribution < -0.4 is 5.32 Å². The van der Waals surface area contributed by atoms with Gasteiger partial charge in [0.05, 0.1) is 11.7 Å². The Morgan fingerprint density at radius 2 is 1.92 bits per heavy atom. The molecule has 1 aromatic carbocycles. The maximum atomic E-state index is 13.2. The Morgan fingerprint density at radius 1 is 1.17 bits per heavy atom. The Morgan fingerprint density at radius 3 is 2.58 bits per heavy atom. The average Bonchev–Trinajstić information content (AvgIpc) is 3.14. The Hall–Kier alpha value is -2.49. The molecule has 1 aliphatic rings. The molecule has 3 nitrogen and oxygen atoms in total. The van der Waals surface area contributed by atoms with E-state index in [-0.39, 0.29) is 17.8 Å². The first kappa shape index (κ1) is 16.4. The standard InChI is InChI=1S/C20H21FN2O/c21-17-10-8-16(9-11-17)20(15-5-1-2-6-15)23-19(24)13-12-18-7-3-4-14-22-18/h3-4,7-15,20H,1-2,5-6H2,(H,23,24). The van der Waals surface area contributed by atoms with Gasteiger partial charge < -0.3 is 5.32 Å². The van der Waals surface area contributed by atoms with Gasteiger partial charge in [-0.25, -0.2) is 4.39 Å². The first-order valence-corrected chi connectivity index (χ1v) is 8.37. The lowest BCUT2D eigenvalue weighted by Gasteiger charge is -2.24. The normalized spacial score (nSPS) is 16.4. The topological polar surface area (TPSA) is 42.0 Å². The fourth-order valence-corrected chi connectivity index (χ4v) is 3.27. The molecule has 0 bridgehead atoms. The third-order valence-electron chi connectivity index (χ3n) is 4.49. The van der Waals surface area contributed by atoms with Crippen molar-refractivity contribution < 1.29 is 9.18 Å². The largest absolute Gasteiger partial charge is 0.345 e. The highest BCUT2D eigenvalue weighted by molar-refractivity contribution is 5.91. The molecular formula is C20H21FN2O. The van der Waals surface area contributed by atoms with E-state index in [1.165, 1.54) is 31.1 Å². The highest BCUT2D eigenvalue weighted by Crippen LogP contribution is 2.35. The van der Waals surface area contributed by atoms with Crippen LogP contribution in [-0.4, -0.2) is 10.9 Å². The lowest BCUT2D eigenvalue weighted by Crippen LogP contribution is -2.31. The SMILES string of the molecule is O=C(C=Cc1ccccn1)NC(c1ccc(F)cc1)C1CCCC1. The Bertz CT molecular complexity index is 691. The van der Waals surface area contributed by atoms with Crippen molar-refractivity contribution in [3.05, 3.63) is 71.8 Å². The molecule has 24 heavy (non-hydrogen) atoms. The van der Waals surface area contributed by atoms with Gasteiger partial charge in [0.1, 0.15) is 5.82 Å². The minimum atomic E-state index is -0.259. The van der Waals surface area contributed by atoms with Crippen molar-refractivity contribution in [2.45, 2.75) is 31.7 Å². The molecule has 4 heteroatoms.